The predicted octanol–water partition coefficient (Wildman–Crippen LogP) is 1.83. The van der Waals surface area contributed by atoms with E-state index in [0.29, 0.717) is 5.75 Å². The Balaban J connectivity index is 1.66. The molecule has 0 heterocycles. The number of amides is 1. The van der Waals surface area contributed by atoms with E-state index in [9.17, 15) is 9.59 Å². The molecule has 0 aliphatic heterocycles. The maximum atomic E-state index is 11.9. The molecule has 1 fully saturated rings. The van der Waals surface area contributed by atoms with Crippen LogP contribution in [0.4, 0.5) is 0 Å². The number of nitrogens with one attached hydrogen (secondary N) is 1. The number of carbonyl (C=O) groups excluding carboxylic acids is 1. The highest BCUT2D eigenvalue weighted by molar-refractivity contribution is 8.00. The summed E-state index contributed by atoms with van der Waals surface area (Å²) in [6, 6.07) is 10.3. The van der Waals surface area contributed by atoms with Gasteiger partial charge in [-0.1, -0.05) is 25.1 Å². The molecule has 5 nitrogen and oxygen atoms in total. The number of benzene rings is 1. The van der Waals surface area contributed by atoms with Crippen molar-refractivity contribution >= 4 is 23.6 Å². The first-order valence-corrected chi connectivity index (χ1v) is 8.50. The van der Waals surface area contributed by atoms with Gasteiger partial charge in [0, 0.05) is 17.0 Å². The Kier molecular flexibility index (Phi) is 6.27. The molecule has 1 aromatic rings. The molecule has 120 valence electrons. The fourth-order valence-electron chi connectivity index (χ4n) is 2.61. The summed E-state index contributed by atoms with van der Waals surface area (Å²) in [5, 5.41) is 11.9. The van der Waals surface area contributed by atoms with Gasteiger partial charge in [0.05, 0.1) is 12.3 Å². The number of carboxylic acids is 1. The van der Waals surface area contributed by atoms with Gasteiger partial charge in [-0.05, 0) is 31.5 Å². The van der Waals surface area contributed by atoms with E-state index < -0.39 is 5.97 Å². The van der Waals surface area contributed by atoms with Crippen LogP contribution in [0.25, 0.3) is 0 Å². The van der Waals surface area contributed by atoms with E-state index in [0.717, 1.165) is 24.3 Å². The number of carboxylic acid groups (broad SMARTS) is 1. The third kappa shape index (κ3) is 5.03. The summed E-state index contributed by atoms with van der Waals surface area (Å²) in [6.45, 7) is 2.76. The van der Waals surface area contributed by atoms with Crippen molar-refractivity contribution in [3.63, 3.8) is 0 Å². The minimum absolute atomic E-state index is 0.0404. The fourth-order valence-corrected chi connectivity index (χ4v) is 3.34. The van der Waals surface area contributed by atoms with Gasteiger partial charge in [-0.15, -0.1) is 11.8 Å². The zero-order valence-corrected chi connectivity index (χ0v) is 13.5. The largest absolute Gasteiger partial charge is 0.480 e. The summed E-state index contributed by atoms with van der Waals surface area (Å²) in [5.41, 5.74) is 0. The van der Waals surface area contributed by atoms with Crippen molar-refractivity contribution in [1.82, 2.24) is 10.2 Å². The SMILES string of the molecule is CCN(CC(=O)O)C1CC(NC(=O)CSc2ccccc2)C1. The fraction of sp³-hybridized carbons (Fsp3) is 0.500. The van der Waals surface area contributed by atoms with Crippen molar-refractivity contribution in [1.29, 1.82) is 0 Å². The molecule has 6 heteroatoms. The van der Waals surface area contributed by atoms with Crippen LogP contribution < -0.4 is 5.32 Å². The molecule has 0 unspecified atom stereocenters. The summed E-state index contributed by atoms with van der Waals surface area (Å²) in [4.78, 5) is 25.7. The molecule has 1 aromatic carbocycles. The predicted molar refractivity (Wildman–Crippen MR) is 87.0 cm³/mol. The van der Waals surface area contributed by atoms with Gasteiger partial charge in [-0.25, -0.2) is 0 Å². The third-order valence-corrected chi connectivity index (χ3v) is 4.86. The monoisotopic (exact) mass is 322 g/mol. The quantitative estimate of drug-likeness (QED) is 0.715. The number of hydrogen-bond donors (Lipinski definition) is 2. The molecule has 0 saturated heterocycles. The average Bonchev–Trinajstić information content (AvgIpc) is 2.47. The van der Waals surface area contributed by atoms with Crippen molar-refractivity contribution in [3.8, 4) is 0 Å². The number of nitrogens with zero attached hydrogens (tertiary/aromatic N) is 1. The molecule has 22 heavy (non-hydrogen) atoms. The second kappa shape index (κ2) is 8.19. The normalized spacial score (nSPS) is 20.5. The van der Waals surface area contributed by atoms with E-state index in [-0.39, 0.29) is 24.5 Å². The summed E-state index contributed by atoms with van der Waals surface area (Å²) in [5.74, 6) is -0.343. The Labute approximate surface area is 135 Å². The molecule has 2 rings (SSSR count). The van der Waals surface area contributed by atoms with Gasteiger partial charge in [0.25, 0.3) is 0 Å². The molecule has 1 aliphatic rings. The minimum atomic E-state index is -0.798. The molecule has 0 spiro atoms. The Morgan fingerprint density at radius 1 is 1.32 bits per heavy atom. The molecule has 0 atom stereocenters. The van der Waals surface area contributed by atoms with Crippen molar-refractivity contribution in [2.75, 3.05) is 18.8 Å². The second-order valence-corrected chi connectivity index (χ2v) is 6.50. The van der Waals surface area contributed by atoms with Gasteiger partial charge in [0.15, 0.2) is 0 Å². The first-order valence-electron chi connectivity index (χ1n) is 7.51. The van der Waals surface area contributed by atoms with Crippen LogP contribution in [0, 0.1) is 0 Å². The van der Waals surface area contributed by atoms with E-state index in [1.807, 2.05) is 42.2 Å². The summed E-state index contributed by atoms with van der Waals surface area (Å²) < 4.78 is 0. The van der Waals surface area contributed by atoms with E-state index in [1.165, 1.54) is 11.8 Å². The zero-order chi connectivity index (χ0) is 15.9. The topological polar surface area (TPSA) is 69.6 Å². The lowest BCUT2D eigenvalue weighted by atomic mass is 9.85. The van der Waals surface area contributed by atoms with Crippen LogP contribution >= 0.6 is 11.8 Å². The van der Waals surface area contributed by atoms with Crippen LogP contribution in [0.1, 0.15) is 19.8 Å². The van der Waals surface area contributed by atoms with Crippen molar-refractivity contribution < 1.29 is 14.7 Å². The van der Waals surface area contributed by atoms with Gasteiger partial charge in [-0.2, -0.15) is 0 Å². The first-order chi connectivity index (χ1) is 10.6. The van der Waals surface area contributed by atoms with Gasteiger partial charge >= 0.3 is 5.97 Å². The van der Waals surface area contributed by atoms with Crippen molar-refractivity contribution in [3.05, 3.63) is 30.3 Å². The summed E-state index contributed by atoms with van der Waals surface area (Å²) in [6.07, 6.45) is 1.67. The standard InChI is InChI=1S/C16H22N2O3S/c1-2-18(10-16(20)21)13-8-12(9-13)17-15(19)11-22-14-6-4-3-5-7-14/h3-7,12-13H,2,8-11H2,1H3,(H,17,19)(H,20,21). The number of thioether (sulfide) groups is 1. The van der Waals surface area contributed by atoms with Gasteiger partial charge in [0.1, 0.15) is 0 Å². The highest BCUT2D eigenvalue weighted by atomic mass is 32.2. The van der Waals surface area contributed by atoms with Crippen LogP contribution in [0.3, 0.4) is 0 Å². The molecule has 2 N–H and O–H groups in total. The number of hydrogen-bond acceptors (Lipinski definition) is 4. The van der Waals surface area contributed by atoms with Crippen LogP contribution in [0.15, 0.2) is 35.2 Å². The number of aliphatic carboxylic acids is 1. The van der Waals surface area contributed by atoms with Crippen LogP contribution in [-0.2, 0) is 9.59 Å². The second-order valence-electron chi connectivity index (χ2n) is 5.45. The molecular weight excluding hydrogens is 300 g/mol. The zero-order valence-electron chi connectivity index (χ0n) is 12.7. The van der Waals surface area contributed by atoms with Gasteiger partial charge in [0.2, 0.25) is 5.91 Å². The van der Waals surface area contributed by atoms with Crippen molar-refractivity contribution in [2.45, 2.75) is 36.7 Å². The molecular formula is C16H22N2O3S. The van der Waals surface area contributed by atoms with E-state index in [1.54, 1.807) is 0 Å². The van der Waals surface area contributed by atoms with E-state index >= 15 is 0 Å². The molecule has 0 radical (unpaired) electrons. The van der Waals surface area contributed by atoms with Crippen LogP contribution in [0.5, 0.6) is 0 Å². The number of carbonyl (C=O) groups is 2. The first kappa shape index (κ1) is 16.8. The third-order valence-electron chi connectivity index (χ3n) is 3.85. The van der Waals surface area contributed by atoms with Crippen molar-refractivity contribution in [2.24, 2.45) is 0 Å². The highest BCUT2D eigenvalue weighted by Crippen LogP contribution is 2.26. The van der Waals surface area contributed by atoms with Crippen LogP contribution in [0.2, 0.25) is 0 Å². The maximum Gasteiger partial charge on any atom is 0.317 e. The Hall–Kier alpha value is -1.53. The highest BCUT2D eigenvalue weighted by Gasteiger charge is 2.34. The number of rotatable bonds is 8. The van der Waals surface area contributed by atoms with Gasteiger partial charge < -0.3 is 10.4 Å². The summed E-state index contributed by atoms with van der Waals surface area (Å²) in [7, 11) is 0. The molecule has 1 saturated carbocycles. The maximum absolute atomic E-state index is 11.9. The van der Waals surface area contributed by atoms with E-state index in [4.69, 9.17) is 5.11 Å². The summed E-state index contributed by atoms with van der Waals surface area (Å²) >= 11 is 1.52. The smallest absolute Gasteiger partial charge is 0.317 e. The molecule has 1 amide bonds. The Morgan fingerprint density at radius 2 is 2.00 bits per heavy atom. The lowest BCUT2D eigenvalue weighted by Crippen LogP contribution is -2.55. The molecule has 1 aliphatic carbocycles. The Bertz CT molecular complexity index is 503. The van der Waals surface area contributed by atoms with E-state index in [2.05, 4.69) is 5.32 Å². The molecule has 0 bridgehead atoms. The average molecular weight is 322 g/mol. The van der Waals surface area contributed by atoms with Crippen LogP contribution in [-0.4, -0.2) is 52.8 Å². The number of likely N-dealkylation sites (N-methyl/N-ethyl adjacent to an activating group) is 1. The molecule has 0 aromatic heterocycles. The van der Waals surface area contributed by atoms with Gasteiger partial charge in [-0.3, -0.25) is 14.5 Å². The lowest BCUT2D eigenvalue weighted by molar-refractivity contribution is -0.139. The lowest BCUT2D eigenvalue weighted by Gasteiger charge is -2.42. The Morgan fingerprint density at radius 3 is 2.59 bits per heavy atom. The minimum Gasteiger partial charge on any atom is -0.480 e.